The highest BCUT2D eigenvalue weighted by Crippen LogP contribution is 2.31. The second-order valence-electron chi connectivity index (χ2n) is 12.1. The summed E-state index contributed by atoms with van der Waals surface area (Å²) in [6.45, 7) is 2.15. The molecule has 10 nitrogen and oxygen atoms in total. The summed E-state index contributed by atoms with van der Waals surface area (Å²) >= 11 is 0. The van der Waals surface area contributed by atoms with Crippen molar-refractivity contribution in [3.8, 4) is 16.9 Å². The van der Waals surface area contributed by atoms with Gasteiger partial charge in [-0.25, -0.2) is 8.91 Å². The Kier molecular flexibility index (Phi) is 8.54. The molecule has 2 aromatic heterocycles. The summed E-state index contributed by atoms with van der Waals surface area (Å²) in [5.41, 5.74) is 5.12. The zero-order chi connectivity index (χ0) is 32.3. The number of nitrogens with one attached hydrogen (secondary N) is 2. The van der Waals surface area contributed by atoms with Crippen LogP contribution in [-0.4, -0.2) is 64.2 Å². The monoisotopic (exact) mass is 634 g/mol. The zero-order valence-electron chi connectivity index (χ0n) is 26.0. The fourth-order valence-electron chi connectivity index (χ4n) is 6.17. The first kappa shape index (κ1) is 30.4. The summed E-state index contributed by atoms with van der Waals surface area (Å²) in [7, 11) is 1.57. The third-order valence-electron chi connectivity index (χ3n) is 8.79. The number of methoxy groups -OCH3 is 1. The van der Waals surface area contributed by atoms with Crippen molar-refractivity contribution in [2.24, 2.45) is 5.92 Å². The van der Waals surface area contributed by atoms with Gasteiger partial charge in [0, 0.05) is 42.7 Å². The van der Waals surface area contributed by atoms with E-state index in [0.29, 0.717) is 46.7 Å². The highest BCUT2D eigenvalue weighted by Gasteiger charge is 2.30. The van der Waals surface area contributed by atoms with E-state index in [1.807, 2.05) is 53.6 Å². The van der Waals surface area contributed by atoms with E-state index in [4.69, 9.17) is 9.47 Å². The summed E-state index contributed by atoms with van der Waals surface area (Å²) in [5.74, 6) is 0.894. The first-order chi connectivity index (χ1) is 22.9. The molecule has 47 heavy (non-hydrogen) atoms. The molecule has 2 amide bonds. The first-order valence-electron chi connectivity index (χ1n) is 15.8. The van der Waals surface area contributed by atoms with Gasteiger partial charge in [-0.3, -0.25) is 9.59 Å². The van der Waals surface area contributed by atoms with Crippen LogP contribution in [0.5, 0.6) is 5.75 Å². The number of pyridine rings is 1. The minimum atomic E-state index is -0.332. The van der Waals surface area contributed by atoms with Gasteiger partial charge in [-0.05, 0) is 90.9 Å². The number of carbonyl (C=O) groups excluding carboxylic acids is 2. The highest BCUT2D eigenvalue weighted by molar-refractivity contribution is 5.95. The quantitative estimate of drug-likeness (QED) is 0.212. The average Bonchev–Trinajstić information content (AvgIpc) is 3.48. The number of ether oxygens (including phenoxy) is 2. The zero-order valence-corrected chi connectivity index (χ0v) is 26.0. The van der Waals surface area contributed by atoms with E-state index in [2.05, 4.69) is 20.7 Å². The van der Waals surface area contributed by atoms with E-state index in [0.717, 1.165) is 42.7 Å². The van der Waals surface area contributed by atoms with Crippen molar-refractivity contribution in [1.82, 2.24) is 19.5 Å². The Balaban J connectivity index is 1.01. The largest absolute Gasteiger partial charge is 0.495 e. The molecule has 2 N–H and O–H groups in total. The predicted octanol–water partition coefficient (Wildman–Crippen LogP) is 6.11. The maximum absolute atomic E-state index is 13.4. The van der Waals surface area contributed by atoms with E-state index in [1.165, 1.54) is 18.6 Å². The lowest BCUT2D eigenvalue weighted by Crippen LogP contribution is -2.45. The molecule has 5 heterocycles. The Morgan fingerprint density at radius 1 is 0.979 bits per heavy atom. The van der Waals surface area contributed by atoms with Gasteiger partial charge >= 0.3 is 0 Å². The van der Waals surface area contributed by atoms with Crippen LogP contribution in [0.2, 0.25) is 0 Å². The first-order valence-corrected chi connectivity index (χ1v) is 15.8. The van der Waals surface area contributed by atoms with Crippen molar-refractivity contribution in [3.63, 3.8) is 0 Å². The third-order valence-corrected chi connectivity index (χ3v) is 8.79. The molecule has 5 aromatic rings. The lowest BCUT2D eigenvalue weighted by atomic mass is 9.92. The lowest BCUT2D eigenvalue weighted by molar-refractivity contribution is -0.115. The molecular weight excluding hydrogens is 599 g/mol. The van der Waals surface area contributed by atoms with Crippen molar-refractivity contribution in [3.05, 3.63) is 102 Å². The average molecular weight is 635 g/mol. The number of hydrogen-bond acceptors (Lipinski definition) is 7. The predicted molar refractivity (Wildman–Crippen MR) is 176 cm³/mol. The fourth-order valence-corrected chi connectivity index (χ4v) is 6.17. The number of aromatic nitrogens is 3. The molecule has 3 aliphatic heterocycles. The van der Waals surface area contributed by atoms with Crippen molar-refractivity contribution in [2.45, 2.75) is 31.8 Å². The Hall–Kier alpha value is -5.29. The number of rotatable bonds is 8. The molecule has 3 aliphatic rings. The van der Waals surface area contributed by atoms with E-state index in [9.17, 15) is 14.0 Å². The van der Waals surface area contributed by atoms with Crippen molar-refractivity contribution in [2.75, 3.05) is 37.4 Å². The molecule has 2 atom stereocenters. The standard InChI is InChI=1S/C36H35FN6O4/c1-46-32-19-26(35(45)42-17-16-24-4-13-30(21-42)47-22-24)7-14-31(32)39-36-40-33-15-8-27(20-43(33)41-36)25-5-11-29(12-6-25)38-34(44)18-23-2-9-28(37)10-3-23/h2-3,5-12,14-15,19-20,24,30H,4,13,16-18,21-22H2,1H3,(H,38,44)(H,39,41)/t24?,30-/m1/s1. The maximum Gasteiger partial charge on any atom is 0.254 e. The molecule has 8 rings (SSSR count). The van der Waals surface area contributed by atoms with Gasteiger partial charge in [0.1, 0.15) is 11.6 Å². The Bertz CT molecular complexity index is 1900. The number of nitrogens with zero attached hydrogens (tertiary/aromatic N) is 4. The van der Waals surface area contributed by atoms with Crippen LogP contribution in [0.3, 0.4) is 0 Å². The minimum absolute atomic E-state index is 0.0233. The number of hydrogen-bond donors (Lipinski definition) is 2. The second-order valence-corrected chi connectivity index (χ2v) is 12.1. The van der Waals surface area contributed by atoms with Crippen LogP contribution < -0.4 is 15.4 Å². The van der Waals surface area contributed by atoms with E-state index in [1.54, 1.807) is 35.9 Å². The number of fused-ring (bicyclic) bond motifs is 6. The van der Waals surface area contributed by atoms with Gasteiger partial charge in [0.25, 0.3) is 5.91 Å². The number of anilines is 3. The molecule has 0 saturated carbocycles. The van der Waals surface area contributed by atoms with E-state index >= 15 is 0 Å². The number of amides is 2. The lowest BCUT2D eigenvalue weighted by Gasteiger charge is -2.37. The van der Waals surface area contributed by atoms with Crippen molar-refractivity contribution >= 4 is 34.8 Å². The van der Waals surface area contributed by atoms with Gasteiger partial charge in [-0.15, -0.1) is 5.10 Å². The summed E-state index contributed by atoms with van der Waals surface area (Å²) in [6, 6.07) is 22.6. The summed E-state index contributed by atoms with van der Waals surface area (Å²) in [6.07, 6.45) is 5.28. The Labute approximate surface area is 271 Å². The Morgan fingerprint density at radius 2 is 1.79 bits per heavy atom. The molecule has 0 radical (unpaired) electrons. The molecule has 0 aliphatic carbocycles. The van der Waals surface area contributed by atoms with Crippen LogP contribution in [0.1, 0.15) is 35.2 Å². The molecule has 240 valence electrons. The van der Waals surface area contributed by atoms with Gasteiger partial charge in [-0.1, -0.05) is 24.3 Å². The van der Waals surface area contributed by atoms with Crippen molar-refractivity contribution in [1.29, 1.82) is 0 Å². The smallest absolute Gasteiger partial charge is 0.254 e. The molecule has 3 fully saturated rings. The topological polar surface area (TPSA) is 110 Å². The summed E-state index contributed by atoms with van der Waals surface area (Å²) in [4.78, 5) is 32.4. The fraction of sp³-hybridized carbons (Fsp3) is 0.278. The molecule has 0 spiro atoms. The van der Waals surface area contributed by atoms with Crippen LogP contribution in [0, 0.1) is 11.7 Å². The minimum Gasteiger partial charge on any atom is -0.495 e. The molecule has 3 saturated heterocycles. The summed E-state index contributed by atoms with van der Waals surface area (Å²) < 4.78 is 26.4. The molecule has 11 heteroatoms. The van der Waals surface area contributed by atoms with E-state index < -0.39 is 0 Å². The molecular formula is C36H35FN6O4. The highest BCUT2D eigenvalue weighted by atomic mass is 19.1. The van der Waals surface area contributed by atoms with Crippen LogP contribution >= 0.6 is 0 Å². The van der Waals surface area contributed by atoms with Gasteiger partial charge in [0.05, 0.1) is 25.3 Å². The number of carbonyl (C=O) groups is 2. The van der Waals surface area contributed by atoms with Crippen molar-refractivity contribution < 1.29 is 23.5 Å². The van der Waals surface area contributed by atoms with Gasteiger partial charge < -0.3 is 25.0 Å². The van der Waals surface area contributed by atoms with Crippen LogP contribution in [0.25, 0.3) is 16.8 Å². The number of halogens is 1. The molecule has 1 unspecified atom stereocenters. The van der Waals surface area contributed by atoms with Crippen LogP contribution in [0.4, 0.5) is 21.7 Å². The normalized spacial score (nSPS) is 17.6. The summed E-state index contributed by atoms with van der Waals surface area (Å²) in [5, 5.41) is 10.7. The third kappa shape index (κ3) is 6.95. The van der Waals surface area contributed by atoms with Crippen LogP contribution in [-0.2, 0) is 16.0 Å². The Morgan fingerprint density at radius 3 is 2.55 bits per heavy atom. The SMILES string of the molecule is COc1cc(C(=O)N2CCC3CC[C@H](C2)OC3)ccc1Nc1nc2ccc(-c3ccc(NC(=O)Cc4ccc(F)cc4)cc3)cn2n1. The van der Waals surface area contributed by atoms with Gasteiger partial charge in [0.2, 0.25) is 11.9 Å². The van der Waals surface area contributed by atoms with Gasteiger partial charge in [0.15, 0.2) is 5.65 Å². The van der Waals surface area contributed by atoms with Gasteiger partial charge in [-0.2, -0.15) is 4.98 Å². The molecule has 3 aromatic carbocycles. The maximum atomic E-state index is 13.4. The molecule has 2 bridgehead atoms. The second kappa shape index (κ2) is 13.2. The number of benzene rings is 3. The van der Waals surface area contributed by atoms with E-state index in [-0.39, 0.29) is 30.2 Å². The van der Waals surface area contributed by atoms with Crippen LogP contribution in [0.15, 0.2) is 85.1 Å².